The van der Waals surface area contributed by atoms with Gasteiger partial charge < -0.3 is 30.7 Å². The van der Waals surface area contributed by atoms with Crippen LogP contribution in [0.2, 0.25) is 0 Å². The highest BCUT2D eigenvalue weighted by atomic mass is 16.5. The molecule has 2 aromatic carbocycles. The molecule has 10 heteroatoms. The Morgan fingerprint density at radius 2 is 2.00 bits per heavy atom. The predicted molar refractivity (Wildman–Crippen MR) is 121 cm³/mol. The Hall–Kier alpha value is -3.89. The van der Waals surface area contributed by atoms with E-state index in [4.69, 9.17) is 21.1 Å². The maximum Gasteiger partial charge on any atom is 0.333 e. The number of nitrogens with one attached hydrogen (secondary N) is 2. The Balaban J connectivity index is 2.02. The minimum Gasteiger partial charge on any atom is -0.493 e. The number of nitrogen functional groups attached to an aromatic ring is 2. The lowest BCUT2D eigenvalue weighted by atomic mass is 9.98. The van der Waals surface area contributed by atoms with Crippen LogP contribution in [0.5, 0.6) is 5.75 Å². The van der Waals surface area contributed by atoms with Crippen LogP contribution in [0.4, 0.5) is 11.5 Å². The zero-order valence-corrected chi connectivity index (χ0v) is 17.7. The van der Waals surface area contributed by atoms with Gasteiger partial charge in [0.25, 0.3) is 5.56 Å². The quantitative estimate of drug-likeness (QED) is 0.248. The number of carbonyl (C=O) groups is 1. The number of rotatable bonds is 9. The first-order valence-electron chi connectivity index (χ1n) is 9.86. The van der Waals surface area contributed by atoms with E-state index in [1.807, 2.05) is 43.3 Å². The summed E-state index contributed by atoms with van der Waals surface area (Å²) in [6.45, 7) is 2.24. The molecule has 168 valence electrons. The van der Waals surface area contributed by atoms with Crippen LogP contribution in [0.25, 0.3) is 22.5 Å². The second-order valence-electron chi connectivity index (χ2n) is 6.93. The van der Waals surface area contributed by atoms with Gasteiger partial charge in [-0.15, -0.1) is 0 Å². The number of hydrogen-bond donors (Lipinski definition) is 5. The molecule has 3 aromatic rings. The number of benzene rings is 2. The van der Waals surface area contributed by atoms with Gasteiger partial charge in [-0.2, -0.15) is 0 Å². The van der Waals surface area contributed by atoms with Crippen molar-refractivity contribution in [1.82, 2.24) is 9.97 Å². The summed E-state index contributed by atoms with van der Waals surface area (Å²) in [5, 5.41) is 9.24. The van der Waals surface area contributed by atoms with Crippen molar-refractivity contribution in [2.24, 2.45) is 5.84 Å². The minimum absolute atomic E-state index is 0.0640. The van der Waals surface area contributed by atoms with E-state index >= 15 is 0 Å². The van der Waals surface area contributed by atoms with E-state index in [1.54, 1.807) is 6.07 Å². The Morgan fingerprint density at radius 3 is 2.66 bits per heavy atom. The van der Waals surface area contributed by atoms with Crippen molar-refractivity contribution in [2.75, 3.05) is 24.9 Å². The van der Waals surface area contributed by atoms with Gasteiger partial charge in [0, 0.05) is 13.5 Å². The number of hydrazine groups is 1. The van der Waals surface area contributed by atoms with Gasteiger partial charge in [-0.1, -0.05) is 30.3 Å². The zero-order chi connectivity index (χ0) is 23.3. The van der Waals surface area contributed by atoms with Gasteiger partial charge >= 0.3 is 5.97 Å². The number of nitrogens with zero attached hydrogens (tertiary/aromatic N) is 1. The molecule has 0 unspecified atom stereocenters. The van der Waals surface area contributed by atoms with Gasteiger partial charge in [0.2, 0.25) is 0 Å². The van der Waals surface area contributed by atoms with E-state index < -0.39 is 17.6 Å². The van der Waals surface area contributed by atoms with Crippen molar-refractivity contribution in [3.05, 3.63) is 58.4 Å². The highest BCUT2D eigenvalue weighted by Crippen LogP contribution is 2.33. The van der Waals surface area contributed by atoms with Crippen LogP contribution < -0.4 is 27.3 Å². The fourth-order valence-corrected chi connectivity index (χ4v) is 3.26. The number of aromatic amines is 1. The highest BCUT2D eigenvalue weighted by molar-refractivity contribution is 5.76. The summed E-state index contributed by atoms with van der Waals surface area (Å²) in [5.74, 6) is 5.23. The fraction of sp³-hybridized carbons (Fsp3) is 0.227. The summed E-state index contributed by atoms with van der Waals surface area (Å²) in [6.07, 6.45) is -0.688. The van der Waals surface area contributed by atoms with Gasteiger partial charge in [0.15, 0.2) is 11.9 Å². The summed E-state index contributed by atoms with van der Waals surface area (Å²) in [5.41, 5.74) is 10.5. The average molecular weight is 439 g/mol. The van der Waals surface area contributed by atoms with Crippen LogP contribution in [-0.4, -0.2) is 40.9 Å². The largest absolute Gasteiger partial charge is 0.493 e. The van der Waals surface area contributed by atoms with Crippen LogP contribution >= 0.6 is 0 Å². The zero-order valence-electron chi connectivity index (χ0n) is 17.7. The third-order valence-corrected chi connectivity index (χ3v) is 4.87. The third kappa shape index (κ3) is 4.88. The molecule has 0 amide bonds. The number of methoxy groups -OCH3 is 1. The molecule has 32 heavy (non-hydrogen) atoms. The molecule has 0 fully saturated rings. The molecule has 0 saturated heterocycles. The number of hydrogen-bond acceptors (Lipinski definition) is 8. The normalized spacial score (nSPS) is 11.7. The van der Waals surface area contributed by atoms with Crippen LogP contribution in [0.3, 0.4) is 0 Å². The summed E-state index contributed by atoms with van der Waals surface area (Å²) >= 11 is 0. The second-order valence-corrected chi connectivity index (χ2v) is 6.93. The lowest BCUT2D eigenvalue weighted by Crippen LogP contribution is -2.24. The van der Waals surface area contributed by atoms with Gasteiger partial charge in [0.05, 0.1) is 12.2 Å². The number of aliphatic carboxylic acids is 1. The SMILES string of the molecule is CCOc1cc(-c2cccc(C[C@@H](OC)C(=O)O)c2)ccc1-c1nc(NN)c(N)c(=O)[nH]1. The Labute approximate surface area is 184 Å². The Bertz CT molecular complexity index is 1180. The molecule has 0 bridgehead atoms. The maximum atomic E-state index is 12.1. The average Bonchev–Trinajstić information content (AvgIpc) is 2.79. The number of aromatic nitrogens is 2. The van der Waals surface area contributed by atoms with Gasteiger partial charge in [-0.05, 0) is 35.7 Å². The first-order valence-corrected chi connectivity index (χ1v) is 9.86. The Kier molecular flexibility index (Phi) is 7.08. The second kappa shape index (κ2) is 9.94. The van der Waals surface area contributed by atoms with Crippen molar-refractivity contribution in [3.63, 3.8) is 0 Å². The molecule has 1 aromatic heterocycles. The van der Waals surface area contributed by atoms with Gasteiger partial charge in [-0.3, -0.25) is 4.79 Å². The van der Waals surface area contributed by atoms with E-state index in [1.165, 1.54) is 7.11 Å². The topological polar surface area (TPSA) is 166 Å². The number of carboxylic acids is 1. The minimum atomic E-state index is -1.02. The first kappa shape index (κ1) is 22.8. The number of ether oxygens (including phenoxy) is 2. The molecule has 0 radical (unpaired) electrons. The summed E-state index contributed by atoms with van der Waals surface area (Å²) in [7, 11) is 1.37. The van der Waals surface area contributed by atoms with E-state index in [0.717, 1.165) is 16.7 Å². The van der Waals surface area contributed by atoms with E-state index in [-0.39, 0.29) is 23.8 Å². The van der Waals surface area contributed by atoms with Gasteiger partial charge in [-0.25, -0.2) is 15.6 Å². The molecule has 1 atom stereocenters. The molecule has 0 saturated carbocycles. The van der Waals surface area contributed by atoms with E-state index in [0.29, 0.717) is 17.9 Å². The van der Waals surface area contributed by atoms with Crippen LogP contribution in [0, 0.1) is 0 Å². The van der Waals surface area contributed by atoms with Crippen molar-refractivity contribution in [3.8, 4) is 28.3 Å². The molecule has 0 aliphatic rings. The van der Waals surface area contributed by atoms with Crippen LogP contribution in [-0.2, 0) is 16.0 Å². The lowest BCUT2D eigenvalue weighted by Gasteiger charge is -2.14. The fourth-order valence-electron chi connectivity index (χ4n) is 3.26. The number of anilines is 2. The van der Waals surface area contributed by atoms with E-state index in [2.05, 4.69) is 15.4 Å². The molecule has 0 spiro atoms. The molecule has 1 heterocycles. The summed E-state index contributed by atoms with van der Waals surface area (Å²) in [4.78, 5) is 30.3. The summed E-state index contributed by atoms with van der Waals surface area (Å²) in [6, 6.07) is 13.0. The molecule has 0 aliphatic heterocycles. The predicted octanol–water partition coefficient (Wildman–Crippen LogP) is 2.01. The van der Waals surface area contributed by atoms with Crippen molar-refractivity contribution in [1.29, 1.82) is 0 Å². The highest BCUT2D eigenvalue weighted by Gasteiger charge is 2.18. The number of carboxylic acid groups (broad SMARTS) is 1. The van der Waals surface area contributed by atoms with Crippen LogP contribution in [0.1, 0.15) is 12.5 Å². The molecule has 3 rings (SSSR count). The molecule has 10 nitrogen and oxygen atoms in total. The van der Waals surface area contributed by atoms with Crippen molar-refractivity contribution >= 4 is 17.5 Å². The molecule has 0 aliphatic carbocycles. The standard InChI is InChI=1S/C22H25N5O5/c1-3-32-16-11-14(13-6-4-5-12(9-13)10-17(31-2)22(29)30)7-8-15(16)19-25-20(27-24)18(23)21(28)26-19/h4-9,11,17H,3,10,23-24H2,1-2H3,(H,29,30)(H2,25,26,27,28)/t17-/m1/s1. The van der Waals surface area contributed by atoms with Crippen molar-refractivity contribution < 1.29 is 19.4 Å². The molecular formula is C22H25N5O5. The number of nitrogens with two attached hydrogens (primary N) is 2. The first-order chi connectivity index (χ1) is 15.4. The monoisotopic (exact) mass is 439 g/mol. The Morgan fingerprint density at radius 1 is 1.25 bits per heavy atom. The number of H-pyrrole nitrogens is 1. The smallest absolute Gasteiger partial charge is 0.333 e. The lowest BCUT2D eigenvalue weighted by molar-refractivity contribution is -0.148. The molecule has 7 N–H and O–H groups in total. The maximum absolute atomic E-state index is 12.1. The summed E-state index contributed by atoms with van der Waals surface area (Å²) < 4.78 is 10.8. The van der Waals surface area contributed by atoms with E-state index in [9.17, 15) is 14.7 Å². The third-order valence-electron chi connectivity index (χ3n) is 4.87. The van der Waals surface area contributed by atoms with Crippen LogP contribution in [0.15, 0.2) is 47.3 Å². The molecular weight excluding hydrogens is 414 g/mol. The van der Waals surface area contributed by atoms with Crippen molar-refractivity contribution in [2.45, 2.75) is 19.4 Å². The van der Waals surface area contributed by atoms with Gasteiger partial charge in [0.1, 0.15) is 17.3 Å².